The molecule has 0 bridgehead atoms. The van der Waals surface area contributed by atoms with Crippen molar-refractivity contribution in [3.05, 3.63) is 59.5 Å². The van der Waals surface area contributed by atoms with Gasteiger partial charge in [-0.3, -0.25) is 0 Å². The number of hydrogen-bond acceptors (Lipinski definition) is 8. The van der Waals surface area contributed by atoms with Crippen molar-refractivity contribution in [1.29, 1.82) is 0 Å². The maximum absolute atomic E-state index is 12.7. The number of fused-ring (bicyclic) bond motifs is 1. The van der Waals surface area contributed by atoms with Crippen LogP contribution in [0.15, 0.2) is 41.3 Å². The molecule has 0 saturated heterocycles. The standard InChI is InChI=1S/C18H13F3N6O3/c1-2-13-12(7-22-17-23-9-24-27(13)17)16(28)29-8-14-25-15(26-30-14)10-3-5-11(6-4-10)18(19,20)21/h3-7,9H,2,8H2,1H3. The highest BCUT2D eigenvalue weighted by Gasteiger charge is 2.30. The molecule has 0 aliphatic heterocycles. The number of carbonyl (C=O) groups is 1. The van der Waals surface area contributed by atoms with Crippen molar-refractivity contribution < 1.29 is 27.2 Å². The number of aromatic nitrogens is 6. The zero-order valence-electron chi connectivity index (χ0n) is 15.4. The molecule has 0 aliphatic carbocycles. The molecule has 9 nitrogen and oxygen atoms in total. The van der Waals surface area contributed by atoms with Crippen LogP contribution in [0.2, 0.25) is 0 Å². The van der Waals surface area contributed by atoms with Gasteiger partial charge in [0.2, 0.25) is 5.82 Å². The zero-order valence-corrected chi connectivity index (χ0v) is 15.4. The summed E-state index contributed by atoms with van der Waals surface area (Å²) in [7, 11) is 0. The van der Waals surface area contributed by atoms with E-state index in [-0.39, 0.29) is 23.9 Å². The van der Waals surface area contributed by atoms with Gasteiger partial charge in [0.1, 0.15) is 6.33 Å². The molecule has 12 heteroatoms. The molecule has 0 spiro atoms. The molecule has 0 fully saturated rings. The number of halogens is 3. The summed E-state index contributed by atoms with van der Waals surface area (Å²) in [6, 6.07) is 4.31. The van der Waals surface area contributed by atoms with E-state index in [0.717, 1.165) is 12.1 Å². The van der Waals surface area contributed by atoms with Gasteiger partial charge in [-0.25, -0.2) is 14.3 Å². The maximum atomic E-state index is 12.7. The molecule has 0 radical (unpaired) electrons. The van der Waals surface area contributed by atoms with E-state index in [2.05, 4.69) is 25.2 Å². The number of aryl methyl sites for hydroxylation is 1. The molecular formula is C18H13F3N6O3. The highest BCUT2D eigenvalue weighted by Crippen LogP contribution is 2.30. The van der Waals surface area contributed by atoms with Gasteiger partial charge in [0.25, 0.3) is 11.7 Å². The monoisotopic (exact) mass is 418 g/mol. The van der Waals surface area contributed by atoms with Crippen LogP contribution < -0.4 is 0 Å². The minimum Gasteiger partial charge on any atom is -0.452 e. The molecule has 4 aromatic rings. The molecule has 0 saturated carbocycles. The Balaban J connectivity index is 1.46. The Morgan fingerprint density at radius 2 is 1.97 bits per heavy atom. The second kappa shape index (κ2) is 7.54. The van der Waals surface area contributed by atoms with Gasteiger partial charge >= 0.3 is 12.1 Å². The third-order valence-corrected chi connectivity index (χ3v) is 4.23. The molecule has 4 rings (SSSR count). The molecule has 30 heavy (non-hydrogen) atoms. The number of carbonyl (C=O) groups excluding carboxylic acids is 1. The molecule has 0 aliphatic rings. The Hall–Kier alpha value is -3.83. The maximum Gasteiger partial charge on any atom is 0.416 e. The van der Waals surface area contributed by atoms with E-state index in [1.54, 1.807) is 0 Å². The number of hydrogen-bond donors (Lipinski definition) is 0. The summed E-state index contributed by atoms with van der Waals surface area (Å²) in [5.41, 5.74) is 0.350. The van der Waals surface area contributed by atoms with Crippen LogP contribution in [0.4, 0.5) is 13.2 Å². The molecule has 154 valence electrons. The SMILES string of the molecule is CCc1c(C(=O)OCc2nc(-c3ccc(C(F)(F)F)cc3)no2)cnc2ncnn12. The minimum absolute atomic E-state index is 0.00825. The fourth-order valence-electron chi connectivity index (χ4n) is 2.78. The topological polar surface area (TPSA) is 108 Å². The number of nitrogens with zero attached hydrogens (tertiary/aromatic N) is 6. The van der Waals surface area contributed by atoms with Gasteiger partial charge in [0, 0.05) is 11.8 Å². The lowest BCUT2D eigenvalue weighted by Gasteiger charge is -2.07. The van der Waals surface area contributed by atoms with Gasteiger partial charge in [-0.1, -0.05) is 24.2 Å². The number of ether oxygens (including phenoxy) is 1. The first-order valence-electron chi connectivity index (χ1n) is 8.71. The molecule has 0 unspecified atom stereocenters. The highest BCUT2D eigenvalue weighted by molar-refractivity contribution is 5.90. The molecule has 0 N–H and O–H groups in total. The predicted octanol–water partition coefficient (Wildman–Crippen LogP) is 3.11. The first-order chi connectivity index (χ1) is 14.4. The van der Waals surface area contributed by atoms with E-state index < -0.39 is 17.7 Å². The lowest BCUT2D eigenvalue weighted by atomic mass is 10.1. The Morgan fingerprint density at radius 3 is 2.67 bits per heavy atom. The van der Waals surface area contributed by atoms with Crippen LogP contribution in [-0.4, -0.2) is 35.7 Å². The van der Waals surface area contributed by atoms with E-state index in [1.165, 1.54) is 29.2 Å². The second-order valence-corrected chi connectivity index (χ2v) is 6.11. The number of alkyl halides is 3. The van der Waals surface area contributed by atoms with Crippen molar-refractivity contribution in [3.8, 4) is 11.4 Å². The van der Waals surface area contributed by atoms with E-state index in [1.807, 2.05) is 6.92 Å². The quantitative estimate of drug-likeness (QED) is 0.455. The van der Waals surface area contributed by atoms with Crippen molar-refractivity contribution in [2.75, 3.05) is 0 Å². The summed E-state index contributed by atoms with van der Waals surface area (Å²) in [4.78, 5) is 24.5. The largest absolute Gasteiger partial charge is 0.452 e. The Labute approximate surface area is 166 Å². The zero-order chi connectivity index (χ0) is 21.3. The van der Waals surface area contributed by atoms with Crippen molar-refractivity contribution in [2.45, 2.75) is 26.1 Å². The lowest BCUT2D eigenvalue weighted by molar-refractivity contribution is -0.137. The summed E-state index contributed by atoms with van der Waals surface area (Å²) in [5.74, 6) is -0.228. The normalized spacial score (nSPS) is 11.7. The van der Waals surface area contributed by atoms with E-state index in [4.69, 9.17) is 9.26 Å². The van der Waals surface area contributed by atoms with Gasteiger partial charge in [-0.15, -0.1) is 0 Å². The molecule has 3 heterocycles. The first-order valence-corrected chi connectivity index (χ1v) is 8.71. The van der Waals surface area contributed by atoms with Crippen molar-refractivity contribution in [2.24, 2.45) is 0 Å². The van der Waals surface area contributed by atoms with Crippen molar-refractivity contribution >= 4 is 11.7 Å². The number of benzene rings is 1. The molecular weight excluding hydrogens is 405 g/mol. The van der Waals surface area contributed by atoms with Gasteiger partial charge in [0.15, 0.2) is 6.61 Å². The van der Waals surface area contributed by atoms with Crippen LogP contribution in [0, 0.1) is 0 Å². The second-order valence-electron chi connectivity index (χ2n) is 6.11. The molecule has 1 aromatic carbocycles. The smallest absolute Gasteiger partial charge is 0.416 e. The number of rotatable bonds is 5. The van der Waals surface area contributed by atoms with Crippen LogP contribution in [0.25, 0.3) is 17.2 Å². The van der Waals surface area contributed by atoms with Gasteiger partial charge in [0.05, 0.1) is 16.8 Å². The average molecular weight is 418 g/mol. The van der Waals surface area contributed by atoms with Crippen molar-refractivity contribution in [3.63, 3.8) is 0 Å². The minimum atomic E-state index is -4.43. The van der Waals surface area contributed by atoms with E-state index in [9.17, 15) is 18.0 Å². The summed E-state index contributed by atoms with van der Waals surface area (Å²) >= 11 is 0. The predicted molar refractivity (Wildman–Crippen MR) is 94.0 cm³/mol. The Bertz CT molecular complexity index is 1200. The summed E-state index contributed by atoms with van der Waals surface area (Å²) < 4.78 is 49.6. The van der Waals surface area contributed by atoms with E-state index >= 15 is 0 Å². The summed E-state index contributed by atoms with van der Waals surface area (Å²) in [6.45, 7) is 1.53. The molecule has 0 amide bonds. The average Bonchev–Trinajstić information content (AvgIpc) is 3.40. The summed E-state index contributed by atoms with van der Waals surface area (Å²) in [5, 5.41) is 7.74. The van der Waals surface area contributed by atoms with Gasteiger partial charge in [-0.05, 0) is 18.6 Å². The molecule has 0 atom stereocenters. The fourth-order valence-corrected chi connectivity index (χ4v) is 2.78. The third kappa shape index (κ3) is 3.71. The summed E-state index contributed by atoms with van der Waals surface area (Å²) in [6.07, 6.45) is -1.26. The third-order valence-electron chi connectivity index (χ3n) is 4.23. The van der Waals surface area contributed by atoms with Gasteiger partial charge < -0.3 is 9.26 Å². The van der Waals surface area contributed by atoms with E-state index in [0.29, 0.717) is 23.5 Å². The van der Waals surface area contributed by atoms with Crippen LogP contribution in [0.3, 0.4) is 0 Å². The van der Waals surface area contributed by atoms with Crippen LogP contribution in [-0.2, 0) is 23.9 Å². The van der Waals surface area contributed by atoms with Crippen LogP contribution in [0.1, 0.15) is 34.4 Å². The fraction of sp³-hybridized carbons (Fsp3) is 0.222. The van der Waals surface area contributed by atoms with Crippen LogP contribution in [0.5, 0.6) is 0 Å². The number of esters is 1. The molecule has 3 aromatic heterocycles. The Kier molecular flexibility index (Phi) is 4.90. The lowest BCUT2D eigenvalue weighted by Crippen LogP contribution is -2.13. The van der Waals surface area contributed by atoms with Crippen molar-refractivity contribution in [1.82, 2.24) is 29.7 Å². The van der Waals surface area contributed by atoms with Gasteiger partial charge in [-0.2, -0.15) is 28.2 Å². The first kappa shape index (κ1) is 19.5. The van der Waals surface area contributed by atoms with Crippen LogP contribution >= 0.6 is 0 Å². The Morgan fingerprint density at radius 1 is 1.20 bits per heavy atom. The highest BCUT2D eigenvalue weighted by atomic mass is 19.4.